The molecule has 0 bridgehead atoms. The molecular weight excluding hydrogens is 314 g/mol. The zero-order valence-corrected chi connectivity index (χ0v) is 9.82. The lowest BCUT2D eigenvalue weighted by atomic mass is 10.1. The van der Waals surface area contributed by atoms with Gasteiger partial charge in [0.05, 0.1) is 6.42 Å². The first kappa shape index (κ1) is 12.1. The molecule has 1 N–H and O–H groups in total. The molecule has 3 nitrogen and oxygen atoms in total. The van der Waals surface area contributed by atoms with Crippen LogP contribution in [0.5, 0.6) is 0 Å². The number of aliphatic carboxylic acids is 1. The van der Waals surface area contributed by atoms with Crippen molar-refractivity contribution in [2.24, 2.45) is 0 Å². The molecule has 0 radical (unpaired) electrons. The standard InChI is InChI=1S/C10H8FIO3/c11-7-3-6(4-8(12)5-7)9(13)1-2-10(14)15/h3-5H,1-2H2,(H,14,15). The Hall–Kier alpha value is -0.980. The maximum absolute atomic E-state index is 12.9. The van der Waals surface area contributed by atoms with Gasteiger partial charge >= 0.3 is 5.97 Å². The Bertz CT molecular complexity index is 383. The first-order valence-corrected chi connectivity index (χ1v) is 5.28. The molecule has 0 atom stereocenters. The third kappa shape index (κ3) is 3.94. The zero-order valence-electron chi connectivity index (χ0n) is 7.67. The van der Waals surface area contributed by atoms with E-state index in [0.717, 1.165) is 6.07 Å². The van der Waals surface area contributed by atoms with E-state index in [4.69, 9.17) is 5.11 Å². The number of rotatable bonds is 4. The molecule has 80 valence electrons. The van der Waals surface area contributed by atoms with Gasteiger partial charge in [0.15, 0.2) is 5.78 Å². The SMILES string of the molecule is O=C(O)CCC(=O)c1cc(F)cc(I)c1. The monoisotopic (exact) mass is 322 g/mol. The van der Waals surface area contributed by atoms with Crippen molar-refractivity contribution in [3.8, 4) is 0 Å². The van der Waals surface area contributed by atoms with Crippen molar-refractivity contribution in [1.82, 2.24) is 0 Å². The summed E-state index contributed by atoms with van der Waals surface area (Å²) in [7, 11) is 0. The van der Waals surface area contributed by atoms with Crippen LogP contribution < -0.4 is 0 Å². The van der Waals surface area contributed by atoms with Crippen LogP contribution in [0.2, 0.25) is 0 Å². The largest absolute Gasteiger partial charge is 0.481 e. The summed E-state index contributed by atoms with van der Waals surface area (Å²) in [4.78, 5) is 21.7. The summed E-state index contributed by atoms with van der Waals surface area (Å²) < 4.78 is 13.5. The van der Waals surface area contributed by atoms with Gasteiger partial charge in [0.2, 0.25) is 0 Å². The van der Waals surface area contributed by atoms with Crippen LogP contribution in [0.15, 0.2) is 18.2 Å². The summed E-state index contributed by atoms with van der Waals surface area (Å²) >= 11 is 1.90. The Morgan fingerprint density at radius 2 is 1.93 bits per heavy atom. The molecule has 0 saturated heterocycles. The number of Topliss-reactive ketones (excluding diaryl/α,β-unsaturated/α-hetero) is 1. The molecule has 0 aliphatic rings. The molecule has 0 heterocycles. The summed E-state index contributed by atoms with van der Waals surface area (Å²) in [6.07, 6.45) is -0.333. The van der Waals surface area contributed by atoms with Crippen LogP contribution in [0.4, 0.5) is 4.39 Å². The summed E-state index contributed by atoms with van der Waals surface area (Å²) in [5.74, 6) is -1.87. The molecule has 0 aliphatic heterocycles. The van der Waals surface area contributed by atoms with Crippen molar-refractivity contribution in [1.29, 1.82) is 0 Å². The van der Waals surface area contributed by atoms with E-state index in [0.29, 0.717) is 3.57 Å². The highest BCUT2D eigenvalue weighted by molar-refractivity contribution is 14.1. The molecule has 0 aliphatic carbocycles. The van der Waals surface area contributed by atoms with Crippen molar-refractivity contribution in [2.75, 3.05) is 0 Å². The van der Waals surface area contributed by atoms with Crippen molar-refractivity contribution in [3.63, 3.8) is 0 Å². The maximum Gasteiger partial charge on any atom is 0.303 e. The van der Waals surface area contributed by atoms with E-state index < -0.39 is 11.8 Å². The zero-order chi connectivity index (χ0) is 11.4. The second kappa shape index (κ2) is 5.20. The molecule has 0 aromatic heterocycles. The van der Waals surface area contributed by atoms with E-state index in [-0.39, 0.29) is 24.2 Å². The van der Waals surface area contributed by atoms with Gasteiger partial charge in [-0.1, -0.05) is 0 Å². The minimum atomic E-state index is -1.03. The normalized spacial score (nSPS) is 10.0. The Kier molecular flexibility index (Phi) is 4.19. The Labute approximate surface area is 99.4 Å². The van der Waals surface area contributed by atoms with Gasteiger partial charge in [-0.3, -0.25) is 9.59 Å². The minimum absolute atomic E-state index is 0.102. The first-order valence-electron chi connectivity index (χ1n) is 4.20. The Morgan fingerprint density at radius 3 is 2.47 bits per heavy atom. The number of carbonyl (C=O) groups excluding carboxylic acids is 1. The summed E-state index contributed by atoms with van der Waals surface area (Å²) in [5.41, 5.74) is 0.223. The van der Waals surface area contributed by atoms with E-state index in [9.17, 15) is 14.0 Å². The number of ketones is 1. The molecule has 15 heavy (non-hydrogen) atoms. The summed E-state index contributed by atoms with van der Waals surface area (Å²) in [6.45, 7) is 0. The number of carbonyl (C=O) groups is 2. The number of halogens is 2. The van der Waals surface area contributed by atoms with Crippen LogP contribution >= 0.6 is 22.6 Å². The highest BCUT2D eigenvalue weighted by atomic mass is 127. The van der Waals surface area contributed by atoms with Crippen molar-refractivity contribution in [3.05, 3.63) is 33.1 Å². The van der Waals surface area contributed by atoms with Gasteiger partial charge < -0.3 is 5.11 Å². The fourth-order valence-electron chi connectivity index (χ4n) is 1.08. The first-order chi connectivity index (χ1) is 6.99. The molecule has 0 fully saturated rings. The topological polar surface area (TPSA) is 54.4 Å². The second-order valence-corrected chi connectivity index (χ2v) is 4.22. The van der Waals surface area contributed by atoms with Crippen LogP contribution in [0.1, 0.15) is 23.2 Å². The molecule has 1 rings (SSSR count). The van der Waals surface area contributed by atoms with E-state index in [2.05, 4.69) is 0 Å². The predicted molar refractivity (Wildman–Crippen MR) is 60.3 cm³/mol. The van der Waals surface area contributed by atoms with E-state index in [1.807, 2.05) is 22.6 Å². The number of hydrogen-bond donors (Lipinski definition) is 1. The third-order valence-corrected chi connectivity index (χ3v) is 2.37. The van der Waals surface area contributed by atoms with Gasteiger partial charge in [-0.05, 0) is 40.8 Å². The molecule has 1 aromatic carbocycles. The summed E-state index contributed by atoms with van der Waals surface area (Å²) in [6, 6.07) is 3.95. The maximum atomic E-state index is 12.9. The van der Waals surface area contributed by atoms with Crippen molar-refractivity contribution < 1.29 is 19.1 Å². The van der Waals surface area contributed by atoms with Crippen molar-refractivity contribution in [2.45, 2.75) is 12.8 Å². The van der Waals surface area contributed by atoms with E-state index in [1.165, 1.54) is 12.1 Å². The van der Waals surface area contributed by atoms with E-state index >= 15 is 0 Å². The molecule has 0 amide bonds. The average molecular weight is 322 g/mol. The van der Waals surface area contributed by atoms with Gasteiger partial charge in [0, 0.05) is 15.6 Å². The Morgan fingerprint density at radius 1 is 1.27 bits per heavy atom. The second-order valence-electron chi connectivity index (χ2n) is 2.98. The van der Waals surface area contributed by atoms with Crippen LogP contribution in [0, 0.1) is 9.39 Å². The Balaban J connectivity index is 2.77. The number of carboxylic acid groups (broad SMARTS) is 1. The minimum Gasteiger partial charge on any atom is -0.481 e. The lowest BCUT2D eigenvalue weighted by Gasteiger charge is -2.00. The van der Waals surface area contributed by atoms with Gasteiger partial charge in [0.25, 0.3) is 0 Å². The third-order valence-electron chi connectivity index (χ3n) is 1.75. The van der Waals surface area contributed by atoms with Gasteiger partial charge in [-0.25, -0.2) is 4.39 Å². The van der Waals surface area contributed by atoms with Crippen LogP contribution in [0.3, 0.4) is 0 Å². The fraction of sp³-hybridized carbons (Fsp3) is 0.200. The highest BCUT2D eigenvalue weighted by Crippen LogP contribution is 2.13. The molecule has 0 unspecified atom stereocenters. The lowest BCUT2D eigenvalue weighted by molar-refractivity contribution is -0.136. The predicted octanol–water partition coefficient (Wildman–Crippen LogP) is 2.48. The highest BCUT2D eigenvalue weighted by Gasteiger charge is 2.10. The van der Waals surface area contributed by atoms with Crippen LogP contribution in [0.25, 0.3) is 0 Å². The number of carboxylic acids is 1. The number of hydrogen-bond acceptors (Lipinski definition) is 2. The van der Waals surface area contributed by atoms with Crippen LogP contribution in [-0.4, -0.2) is 16.9 Å². The number of benzene rings is 1. The molecule has 1 aromatic rings. The molecule has 0 spiro atoms. The smallest absolute Gasteiger partial charge is 0.303 e. The van der Waals surface area contributed by atoms with Gasteiger partial charge in [-0.15, -0.1) is 0 Å². The molecule has 5 heteroatoms. The van der Waals surface area contributed by atoms with Crippen molar-refractivity contribution >= 4 is 34.3 Å². The molecule has 0 saturated carbocycles. The average Bonchev–Trinajstić information content (AvgIpc) is 2.12. The summed E-state index contributed by atoms with van der Waals surface area (Å²) in [5, 5.41) is 8.39. The quantitative estimate of drug-likeness (QED) is 0.684. The lowest BCUT2D eigenvalue weighted by Crippen LogP contribution is -2.04. The van der Waals surface area contributed by atoms with Gasteiger partial charge in [-0.2, -0.15) is 0 Å². The van der Waals surface area contributed by atoms with Crippen LogP contribution in [-0.2, 0) is 4.79 Å². The molecular formula is C10H8FIO3. The fourth-order valence-corrected chi connectivity index (χ4v) is 1.71. The van der Waals surface area contributed by atoms with E-state index in [1.54, 1.807) is 0 Å². The van der Waals surface area contributed by atoms with Gasteiger partial charge in [0.1, 0.15) is 5.82 Å².